The average molecular weight is 451 g/mol. The number of benzene rings is 1. The molecule has 0 aliphatic heterocycles. The molecule has 2 aromatic rings. The zero-order chi connectivity index (χ0) is 23.7. The number of carbonyl (C=O) groups is 1. The van der Waals surface area contributed by atoms with Crippen molar-refractivity contribution in [3.63, 3.8) is 0 Å². The maximum absolute atomic E-state index is 12.2. The van der Waals surface area contributed by atoms with Gasteiger partial charge in [0.2, 0.25) is 0 Å². The lowest BCUT2D eigenvalue weighted by Gasteiger charge is -2.21. The molecule has 0 amide bonds. The quantitative estimate of drug-likeness (QED) is 0.185. The van der Waals surface area contributed by atoms with Crippen LogP contribution in [0, 0.1) is 0 Å². The molecule has 2 atom stereocenters. The molecule has 0 fully saturated rings. The molecule has 4 nitrogen and oxygen atoms in total. The minimum absolute atomic E-state index is 0.183. The van der Waals surface area contributed by atoms with Crippen LogP contribution in [-0.2, 0) is 11.2 Å². The Kier molecular flexibility index (Phi) is 13.1. The summed E-state index contributed by atoms with van der Waals surface area (Å²) in [5, 5.41) is 9.99. The zero-order valence-corrected chi connectivity index (χ0v) is 20.4. The molecule has 2 rings (SSSR count). The smallest absolute Gasteiger partial charge is 0.314 e. The molecular formula is C29H42N2O2. The van der Waals surface area contributed by atoms with E-state index in [-0.39, 0.29) is 5.92 Å². The van der Waals surface area contributed by atoms with Crippen molar-refractivity contribution in [1.82, 2.24) is 9.97 Å². The molecule has 0 radical (unpaired) electrons. The van der Waals surface area contributed by atoms with Gasteiger partial charge in [-0.25, -0.2) is 9.97 Å². The van der Waals surface area contributed by atoms with Crippen LogP contribution in [0.1, 0.15) is 113 Å². The van der Waals surface area contributed by atoms with Crippen LogP contribution in [0.3, 0.4) is 0 Å². The minimum atomic E-state index is -0.841. The van der Waals surface area contributed by atoms with Gasteiger partial charge >= 0.3 is 5.97 Å². The number of carboxylic acid groups (broad SMARTS) is 1. The van der Waals surface area contributed by atoms with Crippen LogP contribution >= 0.6 is 0 Å². The Morgan fingerprint density at radius 3 is 2.30 bits per heavy atom. The van der Waals surface area contributed by atoms with Crippen molar-refractivity contribution >= 4 is 5.97 Å². The topological polar surface area (TPSA) is 63.1 Å². The highest BCUT2D eigenvalue weighted by molar-refractivity contribution is 5.74. The van der Waals surface area contributed by atoms with Crippen LogP contribution in [0.25, 0.3) is 0 Å². The van der Waals surface area contributed by atoms with Crippen molar-refractivity contribution in [2.45, 2.75) is 102 Å². The molecule has 0 saturated carbocycles. The first kappa shape index (κ1) is 26.8. The summed E-state index contributed by atoms with van der Waals surface area (Å²) in [7, 11) is 0. The molecule has 0 aliphatic rings. The Bertz CT molecular complexity index is 789. The minimum Gasteiger partial charge on any atom is -0.481 e. The van der Waals surface area contributed by atoms with E-state index in [4.69, 9.17) is 0 Å². The molecule has 4 heteroatoms. The molecule has 2 unspecified atom stereocenters. The Morgan fingerprint density at radius 1 is 0.970 bits per heavy atom. The van der Waals surface area contributed by atoms with Gasteiger partial charge < -0.3 is 5.11 Å². The van der Waals surface area contributed by atoms with Crippen molar-refractivity contribution in [3.05, 3.63) is 72.3 Å². The molecule has 1 N–H and O–H groups in total. The van der Waals surface area contributed by atoms with E-state index in [0.717, 1.165) is 50.5 Å². The van der Waals surface area contributed by atoms with Crippen LogP contribution in [0.15, 0.2) is 55.4 Å². The van der Waals surface area contributed by atoms with Gasteiger partial charge in [0.25, 0.3) is 0 Å². The van der Waals surface area contributed by atoms with E-state index in [1.165, 1.54) is 37.7 Å². The first-order chi connectivity index (χ1) is 16.2. The first-order valence-electron chi connectivity index (χ1n) is 12.8. The molecular weight excluding hydrogens is 408 g/mol. The summed E-state index contributed by atoms with van der Waals surface area (Å²) in [5.41, 5.74) is 2.30. The van der Waals surface area contributed by atoms with Gasteiger partial charge in [-0.1, -0.05) is 88.3 Å². The molecule has 0 bridgehead atoms. The van der Waals surface area contributed by atoms with Crippen molar-refractivity contribution in [3.8, 4) is 0 Å². The molecule has 0 aliphatic carbocycles. The Labute approximate surface area is 200 Å². The average Bonchev–Trinajstić information content (AvgIpc) is 2.84. The van der Waals surface area contributed by atoms with E-state index >= 15 is 0 Å². The number of aryl methyl sites for hydroxylation is 1. The van der Waals surface area contributed by atoms with Gasteiger partial charge in [0.05, 0.1) is 0 Å². The van der Waals surface area contributed by atoms with E-state index in [9.17, 15) is 9.90 Å². The Hall–Kier alpha value is -2.49. The lowest BCUT2D eigenvalue weighted by molar-refractivity contribution is -0.139. The second kappa shape index (κ2) is 16.2. The van der Waals surface area contributed by atoms with Crippen LogP contribution in [0.4, 0.5) is 0 Å². The third-order valence-corrected chi connectivity index (χ3v) is 6.41. The van der Waals surface area contributed by atoms with Crippen LogP contribution < -0.4 is 0 Å². The Morgan fingerprint density at radius 2 is 1.64 bits per heavy atom. The highest BCUT2D eigenvalue weighted by Crippen LogP contribution is 2.33. The number of nitrogens with zero attached hydrogens (tertiary/aromatic N) is 2. The standard InChI is InChI=1S/C29H42N2O2/c1-3-5-7-9-11-13-17-24-22-30-28(31-23-24)27(29(32)33)21-26(20-14-10-8-6-4-2)25-18-15-12-16-19-25/h4,12,15-16,18-19,22-23,26-27H,2-3,5-11,13-14,17,20-21H2,1H3,(H,32,33). The summed E-state index contributed by atoms with van der Waals surface area (Å²) in [6, 6.07) is 10.3. The van der Waals surface area contributed by atoms with Gasteiger partial charge in [0.1, 0.15) is 11.7 Å². The van der Waals surface area contributed by atoms with E-state index in [2.05, 4.69) is 35.6 Å². The molecule has 1 aromatic carbocycles. The van der Waals surface area contributed by atoms with Crippen molar-refractivity contribution in [2.75, 3.05) is 0 Å². The van der Waals surface area contributed by atoms with Gasteiger partial charge in [-0.2, -0.15) is 0 Å². The van der Waals surface area contributed by atoms with Gasteiger partial charge in [-0.3, -0.25) is 4.79 Å². The summed E-state index contributed by atoms with van der Waals surface area (Å²) in [4.78, 5) is 21.2. The number of rotatable bonds is 18. The largest absolute Gasteiger partial charge is 0.481 e. The van der Waals surface area contributed by atoms with E-state index in [0.29, 0.717) is 12.2 Å². The van der Waals surface area contributed by atoms with E-state index in [1.807, 2.05) is 36.7 Å². The van der Waals surface area contributed by atoms with Gasteiger partial charge in [-0.15, -0.1) is 6.58 Å². The fourth-order valence-electron chi connectivity index (χ4n) is 4.39. The van der Waals surface area contributed by atoms with Gasteiger partial charge in [-0.05, 0) is 55.6 Å². The third-order valence-electron chi connectivity index (χ3n) is 6.41. The lowest BCUT2D eigenvalue weighted by Crippen LogP contribution is -2.18. The third kappa shape index (κ3) is 10.3. The van der Waals surface area contributed by atoms with E-state index < -0.39 is 11.9 Å². The van der Waals surface area contributed by atoms with Gasteiger partial charge in [0.15, 0.2) is 0 Å². The fourth-order valence-corrected chi connectivity index (χ4v) is 4.39. The van der Waals surface area contributed by atoms with Gasteiger partial charge in [0, 0.05) is 12.4 Å². The number of allylic oxidation sites excluding steroid dienone is 1. The number of aromatic nitrogens is 2. The number of hydrogen-bond acceptors (Lipinski definition) is 3. The molecule has 1 aromatic heterocycles. The molecule has 0 spiro atoms. The fraction of sp³-hybridized carbons (Fsp3) is 0.552. The van der Waals surface area contributed by atoms with Crippen LogP contribution in [0.2, 0.25) is 0 Å². The number of unbranched alkanes of at least 4 members (excludes halogenated alkanes) is 8. The van der Waals surface area contributed by atoms with Crippen molar-refractivity contribution < 1.29 is 9.90 Å². The summed E-state index contributed by atoms with van der Waals surface area (Å²) < 4.78 is 0. The lowest BCUT2D eigenvalue weighted by atomic mass is 9.84. The Balaban J connectivity index is 1.99. The summed E-state index contributed by atoms with van der Waals surface area (Å²) >= 11 is 0. The van der Waals surface area contributed by atoms with E-state index in [1.54, 1.807) is 0 Å². The number of hydrogen-bond donors (Lipinski definition) is 1. The zero-order valence-electron chi connectivity index (χ0n) is 20.4. The number of carboxylic acids is 1. The van der Waals surface area contributed by atoms with Crippen molar-refractivity contribution in [1.29, 1.82) is 0 Å². The second-order valence-corrected chi connectivity index (χ2v) is 9.13. The maximum atomic E-state index is 12.2. The predicted octanol–water partition coefficient (Wildman–Crippen LogP) is 7.86. The highest BCUT2D eigenvalue weighted by atomic mass is 16.4. The van der Waals surface area contributed by atoms with Crippen LogP contribution in [0.5, 0.6) is 0 Å². The molecule has 0 saturated heterocycles. The molecule has 1 heterocycles. The SMILES string of the molecule is C=CCCCCCC(CC(C(=O)O)c1ncc(CCCCCCCC)cn1)c1ccccc1. The number of aliphatic carboxylic acids is 1. The predicted molar refractivity (Wildman–Crippen MR) is 137 cm³/mol. The van der Waals surface area contributed by atoms with Crippen molar-refractivity contribution in [2.24, 2.45) is 0 Å². The van der Waals surface area contributed by atoms with Crippen LogP contribution in [-0.4, -0.2) is 21.0 Å². The summed E-state index contributed by atoms with van der Waals surface area (Å²) in [5.74, 6) is -0.915. The highest BCUT2D eigenvalue weighted by Gasteiger charge is 2.27. The molecule has 33 heavy (non-hydrogen) atoms. The monoisotopic (exact) mass is 450 g/mol. The maximum Gasteiger partial charge on any atom is 0.314 e. The summed E-state index contributed by atoms with van der Waals surface area (Å²) in [6.45, 7) is 6.02. The molecule has 180 valence electrons. The first-order valence-corrected chi connectivity index (χ1v) is 12.8. The second-order valence-electron chi connectivity index (χ2n) is 9.13. The summed E-state index contributed by atoms with van der Waals surface area (Å²) in [6.07, 6.45) is 20.0. The normalized spacial score (nSPS) is 12.9.